The molecular weight excluding hydrogens is 370 g/mol. The number of rotatable bonds is 9. The van der Waals surface area contributed by atoms with Crippen LogP contribution in [0.4, 0.5) is 0 Å². The second-order valence-corrected chi connectivity index (χ2v) is 9.58. The minimum absolute atomic E-state index is 0.0403. The standard InChI is InChI=1S/C27H39NO2/c1-2-3-4-6-21-8-12-23(13-9-21)24-14-16-25(17-15-24)27(29)30-26-18-10-22(11-19-26)7-5-20-28/h14-17,21-23,26H,2-13,18-19H2,1H3/t21-,22-,23-,26-. The summed E-state index contributed by atoms with van der Waals surface area (Å²) in [6.07, 6.45) is 16.4. The van der Waals surface area contributed by atoms with Gasteiger partial charge in [0.25, 0.3) is 0 Å². The molecule has 0 amide bonds. The van der Waals surface area contributed by atoms with E-state index in [1.54, 1.807) is 0 Å². The topological polar surface area (TPSA) is 50.1 Å². The summed E-state index contributed by atoms with van der Waals surface area (Å²) in [5, 5.41) is 8.73. The largest absolute Gasteiger partial charge is 0.459 e. The Bertz CT molecular complexity index is 674. The van der Waals surface area contributed by atoms with Crippen molar-refractivity contribution in [3.63, 3.8) is 0 Å². The highest BCUT2D eigenvalue weighted by Crippen LogP contribution is 2.38. The zero-order valence-corrected chi connectivity index (χ0v) is 18.8. The first-order valence-electron chi connectivity index (χ1n) is 12.4. The van der Waals surface area contributed by atoms with Crippen molar-refractivity contribution in [2.45, 2.75) is 109 Å². The third kappa shape index (κ3) is 6.86. The van der Waals surface area contributed by atoms with Gasteiger partial charge in [-0.25, -0.2) is 4.79 Å². The Morgan fingerprint density at radius 2 is 1.57 bits per heavy atom. The zero-order valence-electron chi connectivity index (χ0n) is 18.8. The molecule has 0 aliphatic heterocycles. The number of carbonyl (C=O) groups is 1. The first kappa shape index (κ1) is 22.9. The second-order valence-electron chi connectivity index (χ2n) is 9.58. The third-order valence-electron chi connectivity index (χ3n) is 7.41. The first-order chi connectivity index (χ1) is 14.7. The minimum atomic E-state index is -0.179. The fraction of sp³-hybridized carbons (Fsp3) is 0.704. The molecule has 1 aromatic carbocycles. The molecule has 164 valence electrons. The van der Waals surface area contributed by atoms with Crippen molar-refractivity contribution in [2.75, 3.05) is 0 Å². The summed E-state index contributed by atoms with van der Waals surface area (Å²) in [5.41, 5.74) is 2.06. The van der Waals surface area contributed by atoms with Gasteiger partial charge in [0.15, 0.2) is 0 Å². The van der Waals surface area contributed by atoms with Crippen molar-refractivity contribution in [3.05, 3.63) is 35.4 Å². The lowest BCUT2D eigenvalue weighted by Crippen LogP contribution is -2.24. The van der Waals surface area contributed by atoms with Gasteiger partial charge in [0, 0.05) is 6.42 Å². The molecule has 0 heterocycles. The highest BCUT2D eigenvalue weighted by molar-refractivity contribution is 5.89. The molecule has 0 bridgehead atoms. The average Bonchev–Trinajstić information content (AvgIpc) is 2.79. The van der Waals surface area contributed by atoms with E-state index in [0.29, 0.717) is 23.8 Å². The number of ether oxygens (including phenoxy) is 1. The van der Waals surface area contributed by atoms with Crippen LogP contribution in [0.3, 0.4) is 0 Å². The number of hydrogen-bond acceptors (Lipinski definition) is 3. The van der Waals surface area contributed by atoms with Crippen molar-refractivity contribution >= 4 is 5.97 Å². The van der Waals surface area contributed by atoms with Crippen LogP contribution in [-0.2, 0) is 4.74 Å². The smallest absolute Gasteiger partial charge is 0.338 e. The Kier molecular flexibility index (Phi) is 9.25. The van der Waals surface area contributed by atoms with Gasteiger partial charge in [-0.2, -0.15) is 5.26 Å². The number of benzene rings is 1. The Morgan fingerprint density at radius 3 is 2.20 bits per heavy atom. The van der Waals surface area contributed by atoms with Crippen LogP contribution in [0, 0.1) is 23.2 Å². The molecule has 1 aromatic rings. The molecule has 2 aliphatic carbocycles. The summed E-state index contributed by atoms with van der Waals surface area (Å²) in [5.74, 6) is 2.03. The Labute approximate surface area is 183 Å². The van der Waals surface area contributed by atoms with E-state index < -0.39 is 0 Å². The van der Waals surface area contributed by atoms with E-state index in [1.165, 1.54) is 56.9 Å². The average molecular weight is 410 g/mol. The Hall–Kier alpha value is -1.82. The molecule has 0 N–H and O–H groups in total. The summed E-state index contributed by atoms with van der Waals surface area (Å²) in [6, 6.07) is 10.5. The van der Waals surface area contributed by atoms with Gasteiger partial charge in [-0.3, -0.25) is 0 Å². The van der Waals surface area contributed by atoms with Gasteiger partial charge in [-0.15, -0.1) is 0 Å². The lowest BCUT2D eigenvalue weighted by molar-refractivity contribution is 0.0162. The van der Waals surface area contributed by atoms with Gasteiger partial charge in [0.1, 0.15) is 6.10 Å². The molecular formula is C27H39NO2. The molecule has 0 radical (unpaired) electrons. The predicted molar refractivity (Wildman–Crippen MR) is 121 cm³/mol. The monoisotopic (exact) mass is 409 g/mol. The van der Waals surface area contributed by atoms with E-state index >= 15 is 0 Å². The van der Waals surface area contributed by atoms with E-state index in [-0.39, 0.29) is 12.1 Å². The SMILES string of the molecule is CCCCC[C@H]1CC[C@H](c2ccc(C(=O)O[C@H]3CC[C@H](CCC#N)CC3)cc2)CC1. The second kappa shape index (κ2) is 12.1. The number of nitrogens with zero attached hydrogens (tertiary/aromatic N) is 1. The molecule has 0 atom stereocenters. The summed E-state index contributed by atoms with van der Waals surface area (Å²) in [6.45, 7) is 2.28. The lowest BCUT2D eigenvalue weighted by Gasteiger charge is -2.29. The van der Waals surface area contributed by atoms with E-state index in [0.717, 1.165) is 38.0 Å². The van der Waals surface area contributed by atoms with Crippen molar-refractivity contribution in [1.82, 2.24) is 0 Å². The van der Waals surface area contributed by atoms with Crippen molar-refractivity contribution in [3.8, 4) is 6.07 Å². The van der Waals surface area contributed by atoms with Crippen molar-refractivity contribution < 1.29 is 9.53 Å². The van der Waals surface area contributed by atoms with Crippen LogP contribution in [0.2, 0.25) is 0 Å². The highest BCUT2D eigenvalue weighted by Gasteiger charge is 2.25. The number of esters is 1. The van der Waals surface area contributed by atoms with E-state index in [2.05, 4.69) is 25.1 Å². The highest BCUT2D eigenvalue weighted by atomic mass is 16.5. The minimum Gasteiger partial charge on any atom is -0.459 e. The molecule has 3 heteroatoms. The van der Waals surface area contributed by atoms with E-state index in [4.69, 9.17) is 10.00 Å². The molecule has 3 rings (SSSR count). The number of hydrogen-bond donors (Lipinski definition) is 0. The number of nitriles is 1. The fourth-order valence-corrected chi connectivity index (χ4v) is 5.39. The summed E-state index contributed by atoms with van der Waals surface area (Å²) in [7, 11) is 0. The maximum atomic E-state index is 12.6. The van der Waals surface area contributed by atoms with Gasteiger partial charge in [-0.05, 0) is 93.2 Å². The van der Waals surface area contributed by atoms with E-state index in [9.17, 15) is 4.79 Å². The van der Waals surface area contributed by atoms with Crippen LogP contribution in [0.1, 0.15) is 119 Å². The van der Waals surface area contributed by atoms with Crippen LogP contribution >= 0.6 is 0 Å². The van der Waals surface area contributed by atoms with E-state index in [1.807, 2.05) is 12.1 Å². The molecule has 3 nitrogen and oxygen atoms in total. The van der Waals surface area contributed by atoms with Gasteiger partial charge in [-0.1, -0.05) is 44.7 Å². The molecule has 2 fully saturated rings. The van der Waals surface area contributed by atoms with Crippen molar-refractivity contribution in [2.24, 2.45) is 11.8 Å². The summed E-state index contributed by atoms with van der Waals surface area (Å²) >= 11 is 0. The van der Waals surface area contributed by atoms with Crippen LogP contribution in [-0.4, -0.2) is 12.1 Å². The van der Waals surface area contributed by atoms with Gasteiger partial charge in [0.2, 0.25) is 0 Å². The summed E-state index contributed by atoms with van der Waals surface area (Å²) in [4.78, 5) is 12.6. The predicted octanol–water partition coefficient (Wildman–Crippen LogP) is 7.56. The summed E-state index contributed by atoms with van der Waals surface area (Å²) < 4.78 is 5.77. The molecule has 0 aromatic heterocycles. The third-order valence-corrected chi connectivity index (χ3v) is 7.41. The molecule has 0 saturated heterocycles. The van der Waals surface area contributed by atoms with Gasteiger partial charge in [0.05, 0.1) is 11.6 Å². The van der Waals surface area contributed by atoms with Crippen LogP contribution < -0.4 is 0 Å². The molecule has 0 unspecified atom stereocenters. The molecule has 0 spiro atoms. The molecule has 2 saturated carbocycles. The first-order valence-corrected chi connectivity index (χ1v) is 12.4. The Morgan fingerprint density at radius 1 is 0.933 bits per heavy atom. The molecule has 30 heavy (non-hydrogen) atoms. The Balaban J connectivity index is 1.41. The number of carbonyl (C=O) groups excluding carboxylic acids is 1. The lowest BCUT2D eigenvalue weighted by atomic mass is 9.77. The van der Waals surface area contributed by atoms with Gasteiger partial charge < -0.3 is 4.74 Å². The van der Waals surface area contributed by atoms with Crippen molar-refractivity contribution in [1.29, 1.82) is 5.26 Å². The fourth-order valence-electron chi connectivity index (χ4n) is 5.39. The van der Waals surface area contributed by atoms with Crippen LogP contribution in [0.5, 0.6) is 0 Å². The normalized spacial score (nSPS) is 26.7. The van der Waals surface area contributed by atoms with Crippen LogP contribution in [0.15, 0.2) is 24.3 Å². The maximum absolute atomic E-state index is 12.6. The quantitative estimate of drug-likeness (QED) is 0.312. The van der Waals surface area contributed by atoms with Crippen LogP contribution in [0.25, 0.3) is 0 Å². The molecule has 2 aliphatic rings. The zero-order chi connectivity index (χ0) is 21.2. The number of unbranched alkanes of at least 4 members (excludes halogenated alkanes) is 2. The maximum Gasteiger partial charge on any atom is 0.338 e. The van der Waals surface area contributed by atoms with Gasteiger partial charge >= 0.3 is 5.97 Å².